The lowest BCUT2D eigenvalue weighted by molar-refractivity contribution is -0.145. The van der Waals surface area contributed by atoms with Crippen molar-refractivity contribution >= 4 is 17.6 Å². The Morgan fingerprint density at radius 3 is 2.76 bits per heavy atom. The van der Waals surface area contributed by atoms with Gasteiger partial charge in [-0.05, 0) is 31.4 Å². The number of allylic oxidation sites excluding steroid dienone is 2. The lowest BCUT2D eigenvalue weighted by Gasteiger charge is -2.35. The molecule has 2 aliphatic rings. The standard InChI is InChI=1S/C16H17NO4/c18-15(11-6-2-1-3-7-11)17-10-14(16(19)20)21-13-9-5-4-8-12(13)17/h1-2,4-5,8-9,11,14H,3,6-7,10H2,(H,19,20)/t11-,14-/m0/s1. The van der Waals surface area contributed by atoms with Gasteiger partial charge in [-0.25, -0.2) is 4.79 Å². The molecule has 1 heterocycles. The third-order valence-electron chi connectivity index (χ3n) is 3.93. The molecule has 110 valence electrons. The highest BCUT2D eigenvalue weighted by Crippen LogP contribution is 2.35. The van der Waals surface area contributed by atoms with E-state index in [4.69, 9.17) is 4.74 Å². The first kappa shape index (κ1) is 13.7. The molecule has 5 nitrogen and oxygen atoms in total. The minimum absolute atomic E-state index is 0.0126. The van der Waals surface area contributed by atoms with Gasteiger partial charge in [0.1, 0.15) is 5.75 Å². The van der Waals surface area contributed by atoms with Crippen molar-refractivity contribution in [2.45, 2.75) is 25.4 Å². The Hall–Kier alpha value is -2.30. The zero-order valence-electron chi connectivity index (χ0n) is 11.6. The van der Waals surface area contributed by atoms with Crippen LogP contribution in [0.15, 0.2) is 36.4 Å². The Morgan fingerprint density at radius 1 is 1.24 bits per heavy atom. The van der Waals surface area contributed by atoms with Crippen molar-refractivity contribution in [1.82, 2.24) is 0 Å². The highest BCUT2D eigenvalue weighted by molar-refractivity contribution is 5.98. The van der Waals surface area contributed by atoms with Gasteiger partial charge in [-0.1, -0.05) is 24.3 Å². The van der Waals surface area contributed by atoms with Crippen LogP contribution in [0.4, 0.5) is 5.69 Å². The lowest BCUT2D eigenvalue weighted by atomic mass is 9.92. The van der Waals surface area contributed by atoms with Crippen LogP contribution < -0.4 is 9.64 Å². The molecule has 21 heavy (non-hydrogen) atoms. The third-order valence-corrected chi connectivity index (χ3v) is 3.93. The molecular weight excluding hydrogens is 270 g/mol. The molecule has 2 atom stereocenters. The summed E-state index contributed by atoms with van der Waals surface area (Å²) in [6, 6.07) is 7.09. The second-order valence-corrected chi connectivity index (χ2v) is 5.34. The summed E-state index contributed by atoms with van der Waals surface area (Å²) in [5.74, 6) is -0.682. The largest absolute Gasteiger partial charge is 0.478 e. The van der Waals surface area contributed by atoms with Gasteiger partial charge in [-0.2, -0.15) is 0 Å². The number of hydrogen-bond donors (Lipinski definition) is 1. The Labute approximate surface area is 122 Å². The maximum atomic E-state index is 12.7. The smallest absolute Gasteiger partial charge is 0.346 e. The lowest BCUT2D eigenvalue weighted by Crippen LogP contribution is -2.49. The van der Waals surface area contributed by atoms with E-state index in [2.05, 4.69) is 6.08 Å². The number of carboxylic acid groups (broad SMARTS) is 1. The summed E-state index contributed by atoms with van der Waals surface area (Å²) in [5.41, 5.74) is 0.662. The number of carbonyl (C=O) groups excluding carboxylic acids is 1. The van der Waals surface area contributed by atoms with Crippen LogP contribution >= 0.6 is 0 Å². The molecule has 1 N–H and O–H groups in total. The normalized spacial score (nSPS) is 24.1. The van der Waals surface area contributed by atoms with Gasteiger partial charge in [-0.15, -0.1) is 0 Å². The molecule has 0 unspecified atom stereocenters. The van der Waals surface area contributed by atoms with Gasteiger partial charge in [0, 0.05) is 5.92 Å². The summed E-state index contributed by atoms with van der Waals surface area (Å²) in [6.45, 7) is 0.0609. The van der Waals surface area contributed by atoms with Crippen LogP contribution in [0.1, 0.15) is 19.3 Å². The van der Waals surface area contributed by atoms with Crippen LogP contribution in [0.3, 0.4) is 0 Å². The number of nitrogens with zero attached hydrogens (tertiary/aromatic N) is 1. The number of carboxylic acids is 1. The number of para-hydroxylation sites is 2. The first-order valence-electron chi connectivity index (χ1n) is 7.11. The first-order valence-corrected chi connectivity index (χ1v) is 7.11. The van der Waals surface area contributed by atoms with Gasteiger partial charge in [0.05, 0.1) is 12.2 Å². The van der Waals surface area contributed by atoms with Crippen molar-refractivity contribution in [3.63, 3.8) is 0 Å². The van der Waals surface area contributed by atoms with Gasteiger partial charge in [-0.3, -0.25) is 4.79 Å². The van der Waals surface area contributed by atoms with Crippen LogP contribution in [0.25, 0.3) is 0 Å². The second kappa shape index (κ2) is 5.60. The number of hydrogen-bond acceptors (Lipinski definition) is 3. The average molecular weight is 287 g/mol. The number of amides is 1. The molecule has 1 aromatic carbocycles. The van der Waals surface area contributed by atoms with Gasteiger partial charge in [0.2, 0.25) is 12.0 Å². The van der Waals surface area contributed by atoms with Gasteiger partial charge in [0.15, 0.2) is 0 Å². The van der Waals surface area contributed by atoms with Crippen LogP contribution in [0, 0.1) is 5.92 Å². The molecule has 1 aliphatic carbocycles. The minimum atomic E-state index is -1.05. The molecule has 0 saturated heterocycles. The van der Waals surface area contributed by atoms with Crippen molar-refractivity contribution in [2.24, 2.45) is 5.92 Å². The molecule has 3 rings (SSSR count). The van der Waals surface area contributed by atoms with Gasteiger partial charge in [0.25, 0.3) is 0 Å². The minimum Gasteiger partial charge on any atom is -0.478 e. The molecule has 1 aromatic rings. The average Bonchev–Trinajstić information content (AvgIpc) is 2.54. The van der Waals surface area contributed by atoms with E-state index in [0.29, 0.717) is 11.4 Å². The maximum Gasteiger partial charge on any atom is 0.346 e. The summed E-state index contributed by atoms with van der Waals surface area (Å²) in [5, 5.41) is 9.20. The number of ether oxygens (including phenoxy) is 1. The summed E-state index contributed by atoms with van der Waals surface area (Å²) in [7, 11) is 0. The Kier molecular flexibility index (Phi) is 3.64. The monoisotopic (exact) mass is 287 g/mol. The van der Waals surface area contributed by atoms with Crippen LogP contribution in [-0.2, 0) is 9.59 Å². The third kappa shape index (κ3) is 2.63. The molecule has 0 bridgehead atoms. The summed E-state index contributed by atoms with van der Waals surface area (Å²) in [6.07, 6.45) is 5.51. The molecule has 0 saturated carbocycles. The molecule has 1 aliphatic heterocycles. The van der Waals surface area contributed by atoms with Crippen molar-refractivity contribution in [1.29, 1.82) is 0 Å². The van der Waals surface area contributed by atoms with Crippen molar-refractivity contribution < 1.29 is 19.4 Å². The Morgan fingerprint density at radius 2 is 2.05 bits per heavy atom. The number of rotatable bonds is 2. The molecule has 5 heteroatoms. The zero-order valence-corrected chi connectivity index (χ0v) is 11.6. The van der Waals surface area contributed by atoms with E-state index < -0.39 is 12.1 Å². The van der Waals surface area contributed by atoms with E-state index >= 15 is 0 Å². The molecule has 1 amide bonds. The van der Waals surface area contributed by atoms with Crippen LogP contribution in [-0.4, -0.2) is 29.6 Å². The van der Waals surface area contributed by atoms with E-state index in [0.717, 1.165) is 19.3 Å². The quantitative estimate of drug-likeness (QED) is 0.847. The van der Waals surface area contributed by atoms with E-state index in [1.165, 1.54) is 0 Å². The maximum absolute atomic E-state index is 12.7. The molecular formula is C16H17NO4. The summed E-state index contributed by atoms with van der Waals surface area (Å²) in [4.78, 5) is 25.5. The Bertz CT molecular complexity index is 596. The topological polar surface area (TPSA) is 66.8 Å². The number of benzene rings is 1. The van der Waals surface area contributed by atoms with Crippen molar-refractivity contribution in [3.8, 4) is 5.75 Å². The fraction of sp³-hybridized carbons (Fsp3) is 0.375. The summed E-state index contributed by atoms with van der Waals surface area (Å²) < 4.78 is 5.45. The predicted octanol–water partition coefficient (Wildman–Crippen LogP) is 2.22. The first-order chi connectivity index (χ1) is 10.2. The van der Waals surface area contributed by atoms with Crippen LogP contribution in [0.5, 0.6) is 5.75 Å². The highest BCUT2D eigenvalue weighted by Gasteiger charge is 2.36. The Balaban J connectivity index is 1.90. The van der Waals surface area contributed by atoms with E-state index in [9.17, 15) is 14.7 Å². The fourth-order valence-corrected chi connectivity index (χ4v) is 2.81. The second-order valence-electron chi connectivity index (χ2n) is 5.34. The van der Waals surface area contributed by atoms with E-state index in [1.807, 2.05) is 12.1 Å². The van der Waals surface area contributed by atoms with Gasteiger partial charge >= 0.3 is 5.97 Å². The molecule has 0 fully saturated rings. The number of fused-ring (bicyclic) bond motifs is 1. The highest BCUT2D eigenvalue weighted by atomic mass is 16.5. The molecule has 0 aromatic heterocycles. The summed E-state index contributed by atoms with van der Waals surface area (Å²) >= 11 is 0. The number of anilines is 1. The fourth-order valence-electron chi connectivity index (χ4n) is 2.81. The predicted molar refractivity (Wildman–Crippen MR) is 77.3 cm³/mol. The zero-order chi connectivity index (χ0) is 14.8. The van der Waals surface area contributed by atoms with E-state index in [-0.39, 0.29) is 18.4 Å². The van der Waals surface area contributed by atoms with Gasteiger partial charge < -0.3 is 14.7 Å². The van der Waals surface area contributed by atoms with E-state index in [1.54, 1.807) is 23.1 Å². The van der Waals surface area contributed by atoms with Crippen molar-refractivity contribution in [2.75, 3.05) is 11.4 Å². The molecule has 0 spiro atoms. The van der Waals surface area contributed by atoms with Crippen LogP contribution in [0.2, 0.25) is 0 Å². The molecule has 0 radical (unpaired) electrons. The SMILES string of the molecule is O=C(O)[C@@H]1CN(C(=O)[C@H]2CC=CCC2)c2ccccc2O1. The number of aliphatic carboxylic acids is 1. The van der Waals surface area contributed by atoms with Crippen molar-refractivity contribution in [3.05, 3.63) is 36.4 Å². The number of carbonyl (C=O) groups is 2.